The first kappa shape index (κ1) is 15.2. The van der Waals surface area contributed by atoms with Crippen molar-refractivity contribution in [1.82, 2.24) is 0 Å². The fourth-order valence-corrected chi connectivity index (χ4v) is 3.63. The Labute approximate surface area is 133 Å². The van der Waals surface area contributed by atoms with E-state index in [1.807, 2.05) is 30.3 Å². The Morgan fingerprint density at radius 2 is 2.05 bits per heavy atom. The van der Waals surface area contributed by atoms with Gasteiger partial charge in [-0.15, -0.1) is 11.8 Å². The van der Waals surface area contributed by atoms with Gasteiger partial charge in [-0.1, -0.05) is 0 Å². The maximum absolute atomic E-state index is 13.5. The van der Waals surface area contributed by atoms with Gasteiger partial charge >= 0.3 is 0 Å². The van der Waals surface area contributed by atoms with Crippen molar-refractivity contribution < 1.29 is 14.2 Å². The number of ether oxygens (including phenoxy) is 1. The second-order valence-corrected chi connectivity index (χ2v) is 6.25. The molecular formula is C17H18FNO2S. The van der Waals surface area contributed by atoms with Crippen molar-refractivity contribution in [3.05, 3.63) is 53.8 Å². The van der Waals surface area contributed by atoms with Crippen molar-refractivity contribution >= 4 is 17.4 Å². The largest absolute Gasteiger partial charge is 0.491 e. The van der Waals surface area contributed by atoms with Gasteiger partial charge in [0.05, 0.1) is 12.6 Å². The smallest absolute Gasteiger partial charge is 0.123 e. The van der Waals surface area contributed by atoms with Crippen LogP contribution in [0.1, 0.15) is 18.0 Å². The lowest BCUT2D eigenvalue weighted by Crippen LogP contribution is -2.16. The first-order valence-electron chi connectivity index (χ1n) is 7.29. The summed E-state index contributed by atoms with van der Waals surface area (Å²) in [6.07, 6.45) is 0.962. The standard InChI is InChI=1S/C17H18FNO2S/c18-12-1-6-17-15(11-12)16(7-10-22-17)19-13-2-4-14(5-3-13)21-9-8-20/h1-6,11,16,19-20H,7-10H2. The quantitative estimate of drug-likeness (QED) is 0.878. The van der Waals surface area contributed by atoms with E-state index in [4.69, 9.17) is 9.84 Å². The molecule has 2 aromatic rings. The van der Waals surface area contributed by atoms with Crippen LogP contribution in [0.5, 0.6) is 5.75 Å². The zero-order valence-electron chi connectivity index (χ0n) is 12.1. The van der Waals surface area contributed by atoms with Crippen LogP contribution in [-0.4, -0.2) is 24.1 Å². The Morgan fingerprint density at radius 3 is 2.82 bits per heavy atom. The molecule has 2 N–H and O–H groups in total. The number of hydrogen-bond acceptors (Lipinski definition) is 4. The molecule has 0 aromatic heterocycles. The Morgan fingerprint density at radius 1 is 1.23 bits per heavy atom. The Kier molecular flexibility index (Phi) is 4.85. The van der Waals surface area contributed by atoms with E-state index in [1.54, 1.807) is 17.8 Å². The molecule has 0 spiro atoms. The van der Waals surface area contributed by atoms with Crippen molar-refractivity contribution in [3.8, 4) is 5.75 Å². The highest BCUT2D eigenvalue weighted by Gasteiger charge is 2.21. The number of hydrogen-bond donors (Lipinski definition) is 2. The second-order valence-electron chi connectivity index (χ2n) is 5.11. The Balaban J connectivity index is 1.73. The summed E-state index contributed by atoms with van der Waals surface area (Å²) in [5, 5.41) is 12.2. The lowest BCUT2D eigenvalue weighted by Gasteiger charge is -2.27. The average molecular weight is 319 g/mol. The van der Waals surface area contributed by atoms with E-state index >= 15 is 0 Å². The van der Waals surface area contributed by atoms with Crippen LogP contribution in [0.25, 0.3) is 0 Å². The van der Waals surface area contributed by atoms with Gasteiger partial charge in [-0.05, 0) is 54.4 Å². The number of aliphatic hydroxyl groups is 1. The van der Waals surface area contributed by atoms with Crippen molar-refractivity contribution in [3.63, 3.8) is 0 Å². The van der Waals surface area contributed by atoms with Gasteiger partial charge in [-0.2, -0.15) is 0 Å². The minimum atomic E-state index is -0.194. The predicted molar refractivity (Wildman–Crippen MR) is 87.1 cm³/mol. The van der Waals surface area contributed by atoms with Crippen molar-refractivity contribution in [2.45, 2.75) is 17.4 Å². The van der Waals surface area contributed by atoms with Gasteiger partial charge in [0, 0.05) is 16.3 Å². The first-order valence-corrected chi connectivity index (χ1v) is 8.27. The van der Waals surface area contributed by atoms with Crippen LogP contribution in [0.2, 0.25) is 0 Å². The Bertz CT molecular complexity index is 633. The van der Waals surface area contributed by atoms with E-state index in [9.17, 15) is 4.39 Å². The van der Waals surface area contributed by atoms with E-state index in [1.165, 1.54) is 6.07 Å². The van der Waals surface area contributed by atoms with Crippen molar-refractivity contribution in [1.29, 1.82) is 0 Å². The zero-order chi connectivity index (χ0) is 15.4. The molecule has 1 atom stereocenters. The van der Waals surface area contributed by atoms with Crippen LogP contribution in [-0.2, 0) is 0 Å². The molecule has 22 heavy (non-hydrogen) atoms. The average Bonchev–Trinajstić information content (AvgIpc) is 2.55. The van der Waals surface area contributed by atoms with Gasteiger partial charge in [-0.3, -0.25) is 0 Å². The molecule has 0 amide bonds. The SMILES string of the molecule is OCCOc1ccc(NC2CCSc3ccc(F)cc32)cc1. The molecule has 1 heterocycles. The molecule has 116 valence electrons. The minimum Gasteiger partial charge on any atom is -0.491 e. The van der Waals surface area contributed by atoms with E-state index in [0.29, 0.717) is 6.61 Å². The molecule has 0 fully saturated rings. The van der Waals surface area contributed by atoms with Crippen LogP contribution in [0.3, 0.4) is 0 Å². The third-order valence-corrected chi connectivity index (χ3v) is 4.69. The van der Waals surface area contributed by atoms with E-state index in [0.717, 1.165) is 34.1 Å². The number of anilines is 1. The van der Waals surface area contributed by atoms with Gasteiger partial charge < -0.3 is 15.2 Å². The third kappa shape index (κ3) is 3.54. The number of halogens is 1. The molecule has 5 heteroatoms. The number of benzene rings is 2. The molecule has 1 unspecified atom stereocenters. The molecule has 1 aliphatic rings. The summed E-state index contributed by atoms with van der Waals surface area (Å²) >= 11 is 1.77. The lowest BCUT2D eigenvalue weighted by atomic mass is 10.0. The summed E-state index contributed by atoms with van der Waals surface area (Å²) in [5.74, 6) is 1.56. The van der Waals surface area contributed by atoms with E-state index < -0.39 is 0 Å². The first-order chi connectivity index (χ1) is 10.8. The van der Waals surface area contributed by atoms with Crippen LogP contribution in [0, 0.1) is 5.82 Å². The summed E-state index contributed by atoms with van der Waals surface area (Å²) in [6, 6.07) is 12.7. The Hall–Kier alpha value is -1.72. The molecule has 3 nitrogen and oxygen atoms in total. The molecular weight excluding hydrogens is 301 g/mol. The molecule has 0 saturated heterocycles. The molecule has 1 aliphatic heterocycles. The molecule has 0 aliphatic carbocycles. The molecule has 3 rings (SSSR count). The molecule has 2 aromatic carbocycles. The highest BCUT2D eigenvalue weighted by molar-refractivity contribution is 7.99. The maximum atomic E-state index is 13.5. The van der Waals surface area contributed by atoms with Crippen LogP contribution < -0.4 is 10.1 Å². The highest BCUT2D eigenvalue weighted by Crippen LogP contribution is 2.38. The van der Waals surface area contributed by atoms with Crippen molar-refractivity contribution in [2.75, 3.05) is 24.3 Å². The highest BCUT2D eigenvalue weighted by atomic mass is 32.2. The molecule has 0 saturated carbocycles. The minimum absolute atomic E-state index is 0.00207. The summed E-state index contributed by atoms with van der Waals surface area (Å²) in [5.41, 5.74) is 2.00. The second kappa shape index (κ2) is 7.03. The number of fused-ring (bicyclic) bond motifs is 1. The zero-order valence-corrected chi connectivity index (χ0v) is 12.9. The fourth-order valence-electron chi connectivity index (χ4n) is 2.53. The fraction of sp³-hybridized carbons (Fsp3) is 0.294. The summed E-state index contributed by atoms with van der Waals surface area (Å²) in [7, 11) is 0. The van der Waals surface area contributed by atoms with Crippen LogP contribution >= 0.6 is 11.8 Å². The van der Waals surface area contributed by atoms with Crippen molar-refractivity contribution in [2.24, 2.45) is 0 Å². The number of thioether (sulfide) groups is 1. The topological polar surface area (TPSA) is 41.5 Å². The number of nitrogens with one attached hydrogen (secondary N) is 1. The normalized spacial score (nSPS) is 16.9. The molecule has 0 radical (unpaired) electrons. The molecule has 0 bridgehead atoms. The van der Waals surface area contributed by atoms with Crippen LogP contribution in [0.4, 0.5) is 10.1 Å². The monoisotopic (exact) mass is 319 g/mol. The van der Waals surface area contributed by atoms with Gasteiger partial charge in [0.1, 0.15) is 18.2 Å². The van der Waals surface area contributed by atoms with Gasteiger partial charge in [0.2, 0.25) is 0 Å². The van der Waals surface area contributed by atoms with Gasteiger partial charge in [-0.25, -0.2) is 4.39 Å². The summed E-state index contributed by atoms with van der Waals surface area (Å²) < 4.78 is 18.8. The van der Waals surface area contributed by atoms with E-state index in [-0.39, 0.29) is 18.5 Å². The summed E-state index contributed by atoms with van der Waals surface area (Å²) in [4.78, 5) is 1.15. The van der Waals surface area contributed by atoms with E-state index in [2.05, 4.69) is 5.32 Å². The summed E-state index contributed by atoms with van der Waals surface area (Å²) in [6.45, 7) is 0.293. The predicted octanol–water partition coefficient (Wildman–Crippen LogP) is 3.85. The van der Waals surface area contributed by atoms with Crippen LogP contribution in [0.15, 0.2) is 47.4 Å². The number of aliphatic hydroxyl groups excluding tert-OH is 1. The number of rotatable bonds is 5. The maximum Gasteiger partial charge on any atom is 0.123 e. The van der Waals surface area contributed by atoms with Gasteiger partial charge in [0.15, 0.2) is 0 Å². The lowest BCUT2D eigenvalue weighted by molar-refractivity contribution is 0.201. The van der Waals surface area contributed by atoms with Gasteiger partial charge in [0.25, 0.3) is 0 Å². The third-order valence-electron chi connectivity index (χ3n) is 3.57.